The number of carboxylic acids is 1. The zero-order valence-corrected chi connectivity index (χ0v) is 13.0. The van der Waals surface area contributed by atoms with Crippen LogP contribution in [0.25, 0.3) is 0 Å². The lowest BCUT2D eigenvalue weighted by atomic mass is 9.94. The summed E-state index contributed by atoms with van der Waals surface area (Å²) in [6.45, 7) is 6.98. The molecule has 1 N–H and O–H groups in total. The highest BCUT2D eigenvalue weighted by molar-refractivity contribution is 5.85. The van der Waals surface area contributed by atoms with E-state index in [4.69, 9.17) is 4.74 Å². The minimum atomic E-state index is -0.838. The van der Waals surface area contributed by atoms with Gasteiger partial charge in [-0.3, -0.25) is 9.59 Å². The Hall–Kier alpha value is -1.10. The first-order valence-electron chi connectivity index (χ1n) is 7.48. The molecule has 2 unspecified atom stereocenters. The van der Waals surface area contributed by atoms with Gasteiger partial charge in [0.15, 0.2) is 0 Å². The van der Waals surface area contributed by atoms with Crippen LogP contribution in [-0.2, 0) is 14.3 Å². The van der Waals surface area contributed by atoms with E-state index in [-0.39, 0.29) is 17.9 Å². The SMILES string of the molecule is CCC1C[C@H](C(=O)N(CC)C(C)COC)[C@H](C(=O)O)C1. The van der Waals surface area contributed by atoms with Gasteiger partial charge in [0.25, 0.3) is 0 Å². The van der Waals surface area contributed by atoms with Crippen LogP contribution in [0.2, 0.25) is 0 Å². The van der Waals surface area contributed by atoms with Crippen LogP contribution in [0.5, 0.6) is 0 Å². The van der Waals surface area contributed by atoms with Gasteiger partial charge in [-0.1, -0.05) is 13.3 Å². The Bertz CT molecular complexity index is 345. The third-order valence-corrected chi connectivity index (χ3v) is 4.44. The Labute approximate surface area is 121 Å². The Balaban J connectivity index is 2.84. The number of ether oxygens (including phenoxy) is 1. The number of carboxylic acid groups (broad SMARTS) is 1. The lowest BCUT2D eigenvalue weighted by Crippen LogP contribution is -2.45. The van der Waals surface area contributed by atoms with Crippen molar-refractivity contribution < 1.29 is 19.4 Å². The van der Waals surface area contributed by atoms with Crippen molar-refractivity contribution in [3.8, 4) is 0 Å². The third kappa shape index (κ3) is 3.72. The number of likely N-dealkylation sites (N-methyl/N-ethyl adjacent to an activating group) is 1. The molecule has 0 heterocycles. The number of amides is 1. The fourth-order valence-corrected chi connectivity index (χ4v) is 3.25. The van der Waals surface area contributed by atoms with Gasteiger partial charge in [0, 0.05) is 13.7 Å². The predicted molar refractivity (Wildman–Crippen MR) is 76.4 cm³/mol. The molecule has 0 aromatic heterocycles. The Morgan fingerprint density at radius 3 is 2.35 bits per heavy atom. The van der Waals surface area contributed by atoms with Crippen molar-refractivity contribution in [1.82, 2.24) is 4.90 Å². The lowest BCUT2D eigenvalue weighted by molar-refractivity contribution is -0.150. The number of carbonyl (C=O) groups is 2. The second kappa shape index (κ2) is 7.62. The average Bonchev–Trinajstić information content (AvgIpc) is 2.84. The largest absolute Gasteiger partial charge is 0.481 e. The van der Waals surface area contributed by atoms with Gasteiger partial charge in [0.05, 0.1) is 24.5 Å². The van der Waals surface area contributed by atoms with Crippen LogP contribution in [0.1, 0.15) is 40.0 Å². The number of hydrogen-bond donors (Lipinski definition) is 1. The molecule has 0 aromatic rings. The minimum Gasteiger partial charge on any atom is -0.481 e. The van der Waals surface area contributed by atoms with E-state index in [1.807, 2.05) is 13.8 Å². The van der Waals surface area contributed by atoms with Gasteiger partial charge in [-0.05, 0) is 32.6 Å². The maximum Gasteiger partial charge on any atom is 0.307 e. The highest BCUT2D eigenvalue weighted by atomic mass is 16.5. The number of hydrogen-bond acceptors (Lipinski definition) is 3. The lowest BCUT2D eigenvalue weighted by Gasteiger charge is -2.31. The molecule has 4 atom stereocenters. The van der Waals surface area contributed by atoms with Crippen LogP contribution in [0.4, 0.5) is 0 Å². The van der Waals surface area contributed by atoms with E-state index in [1.54, 1.807) is 12.0 Å². The van der Waals surface area contributed by atoms with Gasteiger partial charge >= 0.3 is 5.97 Å². The smallest absolute Gasteiger partial charge is 0.307 e. The summed E-state index contributed by atoms with van der Waals surface area (Å²) in [5.41, 5.74) is 0. The summed E-state index contributed by atoms with van der Waals surface area (Å²) in [5.74, 6) is -1.43. The molecule has 116 valence electrons. The minimum absolute atomic E-state index is 0.0207. The van der Waals surface area contributed by atoms with Crippen LogP contribution >= 0.6 is 0 Å². The van der Waals surface area contributed by atoms with Gasteiger partial charge in [-0.15, -0.1) is 0 Å². The molecule has 20 heavy (non-hydrogen) atoms. The van der Waals surface area contributed by atoms with E-state index in [1.165, 1.54) is 0 Å². The molecular formula is C15H27NO4. The van der Waals surface area contributed by atoms with E-state index in [2.05, 4.69) is 6.92 Å². The van der Waals surface area contributed by atoms with Crippen molar-refractivity contribution in [3.63, 3.8) is 0 Å². The summed E-state index contributed by atoms with van der Waals surface area (Å²) in [6.07, 6.45) is 2.26. The van der Waals surface area contributed by atoms with E-state index < -0.39 is 11.9 Å². The summed E-state index contributed by atoms with van der Waals surface area (Å²) in [7, 11) is 1.61. The van der Waals surface area contributed by atoms with E-state index in [9.17, 15) is 14.7 Å². The molecule has 0 radical (unpaired) electrons. The number of methoxy groups -OCH3 is 1. The van der Waals surface area contributed by atoms with Crippen LogP contribution in [0.15, 0.2) is 0 Å². The first-order chi connectivity index (χ1) is 9.46. The molecule has 0 saturated heterocycles. The molecule has 1 aliphatic carbocycles. The average molecular weight is 285 g/mol. The maximum absolute atomic E-state index is 12.7. The van der Waals surface area contributed by atoms with Crippen molar-refractivity contribution in [2.75, 3.05) is 20.3 Å². The van der Waals surface area contributed by atoms with Gasteiger partial charge in [0.1, 0.15) is 0 Å². The summed E-state index contributed by atoms with van der Waals surface area (Å²) in [5, 5.41) is 9.35. The summed E-state index contributed by atoms with van der Waals surface area (Å²) >= 11 is 0. The highest BCUT2D eigenvalue weighted by Crippen LogP contribution is 2.39. The molecule has 5 nitrogen and oxygen atoms in total. The number of rotatable bonds is 7. The quantitative estimate of drug-likeness (QED) is 0.777. The van der Waals surface area contributed by atoms with Crippen molar-refractivity contribution in [2.24, 2.45) is 17.8 Å². The van der Waals surface area contributed by atoms with E-state index in [0.29, 0.717) is 31.9 Å². The van der Waals surface area contributed by atoms with E-state index >= 15 is 0 Å². The van der Waals surface area contributed by atoms with Crippen LogP contribution in [-0.4, -0.2) is 48.2 Å². The topological polar surface area (TPSA) is 66.8 Å². The molecule has 0 bridgehead atoms. The molecule has 1 fully saturated rings. The molecule has 0 aromatic carbocycles. The fraction of sp³-hybridized carbons (Fsp3) is 0.867. The van der Waals surface area contributed by atoms with Gasteiger partial charge < -0.3 is 14.7 Å². The Morgan fingerprint density at radius 1 is 1.30 bits per heavy atom. The molecule has 1 saturated carbocycles. The zero-order valence-electron chi connectivity index (χ0n) is 13.0. The van der Waals surface area contributed by atoms with Gasteiger partial charge in [0.2, 0.25) is 5.91 Å². The third-order valence-electron chi connectivity index (χ3n) is 4.44. The van der Waals surface area contributed by atoms with Gasteiger partial charge in [-0.2, -0.15) is 0 Å². The normalized spacial score (nSPS) is 27.3. The first-order valence-corrected chi connectivity index (χ1v) is 7.48. The molecule has 0 aliphatic heterocycles. The summed E-state index contributed by atoms with van der Waals surface area (Å²) in [6, 6.07) is -0.0207. The molecule has 1 amide bonds. The maximum atomic E-state index is 12.7. The van der Waals surface area contributed by atoms with Gasteiger partial charge in [-0.25, -0.2) is 0 Å². The predicted octanol–water partition coefficient (Wildman–Crippen LogP) is 2.01. The number of aliphatic carboxylic acids is 1. The van der Waals surface area contributed by atoms with Crippen LogP contribution in [0.3, 0.4) is 0 Å². The second-order valence-electron chi connectivity index (χ2n) is 5.73. The van der Waals surface area contributed by atoms with Crippen molar-refractivity contribution >= 4 is 11.9 Å². The van der Waals surface area contributed by atoms with Crippen LogP contribution < -0.4 is 0 Å². The highest BCUT2D eigenvalue weighted by Gasteiger charge is 2.43. The molecular weight excluding hydrogens is 258 g/mol. The van der Waals surface area contributed by atoms with E-state index in [0.717, 1.165) is 6.42 Å². The van der Waals surface area contributed by atoms with Crippen molar-refractivity contribution in [2.45, 2.75) is 46.1 Å². The molecule has 0 spiro atoms. The monoisotopic (exact) mass is 285 g/mol. The number of carbonyl (C=O) groups excluding carboxylic acids is 1. The Kier molecular flexibility index (Phi) is 6.46. The zero-order chi connectivity index (χ0) is 15.3. The summed E-state index contributed by atoms with van der Waals surface area (Å²) in [4.78, 5) is 25.8. The molecule has 1 aliphatic rings. The second-order valence-corrected chi connectivity index (χ2v) is 5.73. The standard InChI is InChI=1S/C15H27NO4/c1-5-11-7-12(13(8-11)15(18)19)14(17)16(6-2)10(3)9-20-4/h10-13H,5-9H2,1-4H3,(H,18,19)/t10?,11?,12-,13+/m0/s1. The Morgan fingerprint density at radius 2 is 1.90 bits per heavy atom. The van der Waals surface area contributed by atoms with Crippen molar-refractivity contribution in [3.05, 3.63) is 0 Å². The van der Waals surface area contributed by atoms with Crippen LogP contribution in [0, 0.1) is 17.8 Å². The molecule has 5 heteroatoms. The fourth-order valence-electron chi connectivity index (χ4n) is 3.25. The van der Waals surface area contributed by atoms with Crippen molar-refractivity contribution in [1.29, 1.82) is 0 Å². The first kappa shape index (κ1) is 17.0. The summed E-state index contributed by atoms with van der Waals surface area (Å²) < 4.78 is 5.11. The number of nitrogens with zero attached hydrogens (tertiary/aromatic N) is 1. The molecule has 1 rings (SSSR count).